The van der Waals surface area contributed by atoms with Crippen LogP contribution in [0.3, 0.4) is 0 Å². The van der Waals surface area contributed by atoms with Crippen LogP contribution < -0.4 is 10.6 Å². The van der Waals surface area contributed by atoms with E-state index < -0.39 is 4.92 Å². The summed E-state index contributed by atoms with van der Waals surface area (Å²) in [5, 5.41) is 17.1. The van der Waals surface area contributed by atoms with Gasteiger partial charge in [0.05, 0.1) is 4.92 Å². The van der Waals surface area contributed by atoms with Crippen molar-refractivity contribution in [2.24, 2.45) is 5.92 Å². The van der Waals surface area contributed by atoms with E-state index in [-0.39, 0.29) is 5.69 Å². The topological polar surface area (TPSA) is 83.3 Å². The Labute approximate surface area is 118 Å². The molecule has 0 bridgehead atoms. The third-order valence-corrected chi connectivity index (χ3v) is 3.72. The Morgan fingerprint density at radius 1 is 1.45 bits per heavy atom. The number of nitrogens with zero attached hydrogens (tertiary/aromatic N) is 3. The van der Waals surface area contributed by atoms with Crippen molar-refractivity contribution in [1.82, 2.24) is 9.88 Å². The number of nitrogens with one attached hydrogen (secondary N) is 2. The van der Waals surface area contributed by atoms with Crippen LogP contribution in [0, 0.1) is 16.0 Å². The van der Waals surface area contributed by atoms with E-state index in [1.165, 1.54) is 6.07 Å². The molecule has 0 aromatic carbocycles. The lowest BCUT2D eigenvalue weighted by Gasteiger charge is -2.29. The minimum Gasteiger partial charge on any atom is -0.373 e. The standard InChI is InChI=1S/C13H21N5O2/c1-14-12-4-3-11(18(19)20)13(16-12)15-9-10-5-7-17(2)8-6-10/h3-4,10H,5-9H2,1-2H3,(H2,14,15,16). The molecule has 1 aromatic heterocycles. The molecule has 0 atom stereocenters. The summed E-state index contributed by atoms with van der Waals surface area (Å²) in [7, 11) is 3.86. The zero-order valence-corrected chi connectivity index (χ0v) is 11.9. The molecule has 2 heterocycles. The number of rotatable bonds is 5. The molecule has 0 unspecified atom stereocenters. The zero-order valence-electron chi connectivity index (χ0n) is 11.9. The minimum absolute atomic E-state index is 0.0249. The van der Waals surface area contributed by atoms with Gasteiger partial charge in [0.1, 0.15) is 5.82 Å². The summed E-state index contributed by atoms with van der Waals surface area (Å²) in [4.78, 5) is 17.2. The predicted octanol–water partition coefficient (Wildman–Crippen LogP) is 1.79. The number of anilines is 2. The van der Waals surface area contributed by atoms with E-state index in [2.05, 4.69) is 27.6 Å². The van der Waals surface area contributed by atoms with E-state index in [1.807, 2.05) is 0 Å². The Kier molecular flexibility index (Phi) is 4.73. The molecule has 1 aromatic rings. The van der Waals surface area contributed by atoms with Gasteiger partial charge in [-0.1, -0.05) is 0 Å². The quantitative estimate of drug-likeness (QED) is 0.631. The van der Waals surface area contributed by atoms with Gasteiger partial charge < -0.3 is 15.5 Å². The van der Waals surface area contributed by atoms with Gasteiger partial charge in [0.25, 0.3) is 0 Å². The molecular formula is C13H21N5O2. The third-order valence-electron chi connectivity index (χ3n) is 3.72. The van der Waals surface area contributed by atoms with Gasteiger partial charge in [-0.05, 0) is 45.0 Å². The van der Waals surface area contributed by atoms with E-state index in [1.54, 1.807) is 13.1 Å². The predicted molar refractivity (Wildman–Crippen MR) is 79.1 cm³/mol. The van der Waals surface area contributed by atoms with Crippen LogP contribution in [0.5, 0.6) is 0 Å². The summed E-state index contributed by atoms with van der Waals surface area (Å²) in [6.07, 6.45) is 2.23. The molecule has 7 heteroatoms. The highest BCUT2D eigenvalue weighted by molar-refractivity contribution is 5.60. The number of piperidine rings is 1. The third kappa shape index (κ3) is 3.57. The lowest BCUT2D eigenvalue weighted by atomic mass is 9.97. The number of aromatic nitrogens is 1. The lowest BCUT2D eigenvalue weighted by molar-refractivity contribution is -0.384. The molecule has 1 aliphatic rings. The van der Waals surface area contributed by atoms with Crippen LogP contribution in [0.2, 0.25) is 0 Å². The van der Waals surface area contributed by atoms with Gasteiger partial charge in [0.15, 0.2) is 0 Å². The van der Waals surface area contributed by atoms with Gasteiger partial charge in [0.2, 0.25) is 5.82 Å². The van der Waals surface area contributed by atoms with E-state index >= 15 is 0 Å². The lowest BCUT2D eigenvalue weighted by Crippen LogP contribution is -2.33. The molecule has 0 aliphatic carbocycles. The molecule has 1 fully saturated rings. The molecule has 1 aliphatic heterocycles. The van der Waals surface area contributed by atoms with Gasteiger partial charge in [-0.2, -0.15) is 0 Å². The summed E-state index contributed by atoms with van der Waals surface area (Å²) in [6, 6.07) is 3.09. The molecule has 0 amide bonds. The van der Waals surface area contributed by atoms with Crippen molar-refractivity contribution in [3.05, 3.63) is 22.2 Å². The molecule has 0 saturated carbocycles. The highest BCUT2D eigenvalue weighted by atomic mass is 16.6. The fourth-order valence-corrected chi connectivity index (χ4v) is 2.38. The van der Waals surface area contributed by atoms with Gasteiger partial charge in [-0.15, -0.1) is 0 Å². The van der Waals surface area contributed by atoms with Crippen molar-refractivity contribution in [3.8, 4) is 0 Å². The van der Waals surface area contributed by atoms with Crippen LogP contribution >= 0.6 is 0 Å². The average molecular weight is 279 g/mol. The number of hydrogen-bond donors (Lipinski definition) is 2. The van der Waals surface area contributed by atoms with Crippen molar-refractivity contribution >= 4 is 17.3 Å². The number of nitro groups is 1. The van der Waals surface area contributed by atoms with Crippen LogP contribution in [0.4, 0.5) is 17.3 Å². The van der Waals surface area contributed by atoms with Crippen molar-refractivity contribution < 1.29 is 4.92 Å². The zero-order chi connectivity index (χ0) is 14.5. The molecule has 1 saturated heterocycles. The van der Waals surface area contributed by atoms with Crippen molar-refractivity contribution in [3.63, 3.8) is 0 Å². The maximum Gasteiger partial charge on any atom is 0.311 e. The average Bonchev–Trinajstić information content (AvgIpc) is 2.46. The molecule has 2 N–H and O–H groups in total. The first kappa shape index (κ1) is 14.5. The minimum atomic E-state index is -0.399. The van der Waals surface area contributed by atoms with Crippen LogP contribution in [-0.2, 0) is 0 Å². The van der Waals surface area contributed by atoms with Crippen LogP contribution in [0.1, 0.15) is 12.8 Å². The van der Waals surface area contributed by atoms with E-state index in [4.69, 9.17) is 0 Å². The number of likely N-dealkylation sites (tertiary alicyclic amines) is 1. The second-order valence-electron chi connectivity index (χ2n) is 5.20. The van der Waals surface area contributed by atoms with Crippen molar-refractivity contribution in [2.75, 3.05) is 44.4 Å². The van der Waals surface area contributed by atoms with Crippen molar-refractivity contribution in [1.29, 1.82) is 0 Å². The first-order chi connectivity index (χ1) is 9.60. The molecule has 7 nitrogen and oxygen atoms in total. The number of pyridine rings is 1. The monoisotopic (exact) mass is 279 g/mol. The van der Waals surface area contributed by atoms with Crippen molar-refractivity contribution in [2.45, 2.75) is 12.8 Å². The summed E-state index contributed by atoms with van der Waals surface area (Å²) in [5.41, 5.74) is 0.0249. The summed E-state index contributed by atoms with van der Waals surface area (Å²) in [6.45, 7) is 2.89. The van der Waals surface area contributed by atoms with Gasteiger partial charge >= 0.3 is 5.69 Å². The normalized spacial score (nSPS) is 16.9. The molecule has 0 spiro atoms. The maximum atomic E-state index is 11.0. The van der Waals surface area contributed by atoms with E-state index in [0.717, 1.165) is 32.5 Å². The molecular weight excluding hydrogens is 258 g/mol. The van der Waals surface area contributed by atoms with Crippen LogP contribution in [0.15, 0.2) is 12.1 Å². The first-order valence-corrected chi connectivity index (χ1v) is 6.85. The van der Waals surface area contributed by atoms with Gasteiger partial charge in [0, 0.05) is 19.7 Å². The highest BCUT2D eigenvalue weighted by Gasteiger charge is 2.20. The second-order valence-corrected chi connectivity index (χ2v) is 5.20. The fourth-order valence-electron chi connectivity index (χ4n) is 2.38. The Hall–Kier alpha value is -1.89. The van der Waals surface area contributed by atoms with E-state index in [9.17, 15) is 10.1 Å². The Bertz CT molecular complexity index is 472. The molecule has 0 radical (unpaired) electrons. The summed E-state index contributed by atoms with van der Waals surface area (Å²) < 4.78 is 0. The fraction of sp³-hybridized carbons (Fsp3) is 0.615. The first-order valence-electron chi connectivity index (χ1n) is 6.85. The van der Waals surface area contributed by atoms with E-state index in [0.29, 0.717) is 17.6 Å². The SMILES string of the molecule is CNc1ccc([N+](=O)[O-])c(NCC2CCN(C)CC2)n1. The maximum absolute atomic E-state index is 11.0. The Morgan fingerprint density at radius 3 is 2.75 bits per heavy atom. The second kappa shape index (κ2) is 6.51. The smallest absolute Gasteiger partial charge is 0.311 e. The van der Waals surface area contributed by atoms with Crippen LogP contribution in [0.25, 0.3) is 0 Å². The Balaban J connectivity index is 2.02. The highest BCUT2D eigenvalue weighted by Crippen LogP contribution is 2.25. The molecule has 2 rings (SSSR count). The number of hydrogen-bond acceptors (Lipinski definition) is 6. The molecule has 110 valence electrons. The van der Waals surface area contributed by atoms with Gasteiger partial charge in [-0.25, -0.2) is 4.98 Å². The summed E-state index contributed by atoms with van der Waals surface area (Å²) in [5.74, 6) is 1.52. The summed E-state index contributed by atoms with van der Waals surface area (Å²) >= 11 is 0. The van der Waals surface area contributed by atoms with Crippen LogP contribution in [-0.4, -0.2) is 48.5 Å². The van der Waals surface area contributed by atoms with Gasteiger partial charge in [-0.3, -0.25) is 10.1 Å². The molecule has 20 heavy (non-hydrogen) atoms. The Morgan fingerprint density at radius 2 is 2.15 bits per heavy atom. The largest absolute Gasteiger partial charge is 0.373 e.